The Morgan fingerprint density at radius 3 is 1.22 bits per heavy atom. The zero-order chi connectivity index (χ0) is 45.5. The van der Waals surface area contributed by atoms with E-state index in [9.17, 15) is 0 Å². The summed E-state index contributed by atoms with van der Waals surface area (Å²) < 4.78 is 38.2. The van der Waals surface area contributed by atoms with Crippen LogP contribution in [0.3, 0.4) is 0 Å². The molecule has 0 radical (unpaired) electrons. The molecular formula is C53H69B2N3O6. The number of hydrogen-bond acceptors (Lipinski definition) is 9. The van der Waals surface area contributed by atoms with Gasteiger partial charge in [-0.05, 0) is 138 Å². The number of aromatic nitrogens is 3. The van der Waals surface area contributed by atoms with E-state index in [-0.39, 0.29) is 0 Å². The minimum atomic E-state index is -0.483. The molecule has 64 heavy (non-hydrogen) atoms. The van der Waals surface area contributed by atoms with Gasteiger partial charge in [-0.3, -0.25) is 9.97 Å². The van der Waals surface area contributed by atoms with E-state index in [0.717, 1.165) is 93.1 Å². The largest absolute Gasteiger partial charge is 0.494 e. The van der Waals surface area contributed by atoms with Crippen LogP contribution in [0.25, 0.3) is 45.0 Å². The van der Waals surface area contributed by atoms with Crippen LogP contribution in [0.1, 0.15) is 132 Å². The van der Waals surface area contributed by atoms with E-state index in [0.29, 0.717) is 13.2 Å². The van der Waals surface area contributed by atoms with Crippen LogP contribution in [0.15, 0.2) is 91.3 Å². The van der Waals surface area contributed by atoms with Crippen LogP contribution in [0.4, 0.5) is 0 Å². The summed E-state index contributed by atoms with van der Waals surface area (Å²) in [5.74, 6) is 0. The third-order valence-corrected chi connectivity index (χ3v) is 13.4. The molecule has 2 saturated heterocycles. The van der Waals surface area contributed by atoms with E-state index in [2.05, 4.69) is 118 Å². The van der Waals surface area contributed by atoms with E-state index in [1.807, 2.05) is 42.7 Å². The van der Waals surface area contributed by atoms with E-state index in [1.165, 1.54) is 38.5 Å². The summed E-state index contributed by atoms with van der Waals surface area (Å²) in [5, 5.41) is 0. The Hall–Kier alpha value is -4.22. The van der Waals surface area contributed by atoms with Crippen molar-refractivity contribution in [1.82, 2.24) is 15.0 Å². The smallest absolute Gasteiger partial charge is 0.399 e. The van der Waals surface area contributed by atoms with Gasteiger partial charge in [-0.2, -0.15) is 0 Å². The SMILES string of the molecule is CCCCCCOCc1cc(B2OC(C)(C)C(C)(C)O2)cc(-c2ccc(-c3cccc(-c4ccc(-c5cc(COCCCCCC)cc(B6OC(C)(C)C(C)(C)O6)c5)cn4)n3)nc2)c1. The van der Waals surface area contributed by atoms with E-state index < -0.39 is 36.6 Å². The predicted octanol–water partition coefficient (Wildman–Crippen LogP) is 11.3. The number of unbranched alkanes of at least 4 members (excludes halogenated alkanes) is 6. The molecule has 5 heterocycles. The first kappa shape index (κ1) is 47.7. The van der Waals surface area contributed by atoms with E-state index in [4.69, 9.17) is 43.0 Å². The molecule has 0 N–H and O–H groups in total. The molecule has 2 aliphatic heterocycles. The van der Waals surface area contributed by atoms with Crippen molar-refractivity contribution in [1.29, 1.82) is 0 Å². The second kappa shape index (κ2) is 20.5. The summed E-state index contributed by atoms with van der Waals surface area (Å²) in [6.45, 7) is 23.6. The Bertz CT molecular complexity index is 2120. The second-order valence-corrected chi connectivity index (χ2v) is 19.6. The highest BCUT2D eigenvalue weighted by molar-refractivity contribution is 6.62. The molecular weight excluding hydrogens is 796 g/mol. The molecule has 2 aromatic carbocycles. The first-order valence-corrected chi connectivity index (χ1v) is 23.6. The fraction of sp³-hybridized carbons (Fsp3) is 0.491. The van der Waals surface area contributed by atoms with Crippen LogP contribution in [0.5, 0.6) is 0 Å². The first-order chi connectivity index (χ1) is 30.6. The van der Waals surface area contributed by atoms with E-state index in [1.54, 1.807) is 0 Å². The van der Waals surface area contributed by atoms with Crippen molar-refractivity contribution in [2.45, 2.75) is 156 Å². The molecule has 0 amide bonds. The highest BCUT2D eigenvalue weighted by Crippen LogP contribution is 2.38. The maximum atomic E-state index is 6.48. The van der Waals surface area contributed by atoms with Crippen LogP contribution in [-0.2, 0) is 41.3 Å². The summed E-state index contributed by atoms with van der Waals surface area (Å²) in [6, 6.07) is 27.2. The van der Waals surface area contributed by atoms with Crippen LogP contribution in [0, 0.1) is 0 Å². The Kier molecular flexibility index (Phi) is 15.3. The van der Waals surface area contributed by atoms with Gasteiger partial charge in [-0.25, -0.2) is 4.98 Å². The van der Waals surface area contributed by atoms with Crippen molar-refractivity contribution in [3.05, 3.63) is 102 Å². The molecule has 0 atom stereocenters. The van der Waals surface area contributed by atoms with Crippen molar-refractivity contribution in [3.8, 4) is 45.0 Å². The topological polar surface area (TPSA) is 94.1 Å². The van der Waals surface area contributed by atoms with Crippen molar-refractivity contribution in [2.24, 2.45) is 0 Å². The molecule has 0 aliphatic carbocycles. The summed E-state index contributed by atoms with van der Waals surface area (Å²) in [6.07, 6.45) is 13.2. The zero-order valence-corrected chi connectivity index (χ0v) is 40.1. The predicted molar refractivity (Wildman–Crippen MR) is 261 cm³/mol. The van der Waals surface area contributed by atoms with Crippen molar-refractivity contribution in [3.63, 3.8) is 0 Å². The Morgan fingerprint density at radius 2 is 0.859 bits per heavy atom. The summed E-state index contributed by atoms with van der Waals surface area (Å²) in [4.78, 5) is 14.9. The molecule has 5 aromatic rings. The molecule has 338 valence electrons. The van der Waals surface area contributed by atoms with Gasteiger partial charge >= 0.3 is 14.2 Å². The zero-order valence-electron chi connectivity index (χ0n) is 40.1. The third kappa shape index (κ3) is 11.4. The fourth-order valence-corrected chi connectivity index (χ4v) is 7.96. The van der Waals surface area contributed by atoms with Gasteiger partial charge in [-0.1, -0.05) is 94.8 Å². The maximum Gasteiger partial charge on any atom is 0.494 e. The van der Waals surface area contributed by atoms with Gasteiger partial charge in [-0.15, -0.1) is 0 Å². The molecule has 3 aromatic heterocycles. The molecule has 0 bridgehead atoms. The molecule has 9 nitrogen and oxygen atoms in total. The van der Waals surface area contributed by atoms with Crippen LogP contribution in [-0.4, -0.2) is 64.8 Å². The second-order valence-electron chi connectivity index (χ2n) is 19.6. The van der Waals surface area contributed by atoms with Gasteiger partial charge in [0.05, 0.1) is 58.4 Å². The molecule has 11 heteroatoms. The number of hydrogen-bond donors (Lipinski definition) is 0. The quantitative estimate of drug-likeness (QED) is 0.0560. The van der Waals surface area contributed by atoms with Gasteiger partial charge in [0, 0.05) is 36.7 Å². The lowest BCUT2D eigenvalue weighted by atomic mass is 9.77. The fourth-order valence-electron chi connectivity index (χ4n) is 7.96. The summed E-state index contributed by atoms with van der Waals surface area (Å²) in [7, 11) is -0.965. The standard InChI is InChI=1S/C53H69B2N3O6/c1-11-13-15-17-26-59-36-38-28-42(32-44(30-38)54-61-50(3,4)51(5,6)62-54)40-22-24-46(56-34-40)48-20-19-21-49(58-48)47-25-23-41(35-57-47)43-29-39(37-60-27-18-16-14-12-2)31-45(33-43)55-63-52(7,8)53(9,10)64-55/h19-25,28-35H,11-18,26-27,36-37H2,1-10H3. The van der Waals surface area contributed by atoms with Crippen LogP contribution < -0.4 is 10.9 Å². The Labute approximate surface area is 383 Å². The maximum absolute atomic E-state index is 6.48. The van der Waals surface area contributed by atoms with Gasteiger partial charge in [0.1, 0.15) is 0 Å². The molecule has 0 saturated carbocycles. The van der Waals surface area contributed by atoms with Crippen LogP contribution in [0.2, 0.25) is 0 Å². The average molecular weight is 866 g/mol. The molecule has 7 rings (SSSR count). The van der Waals surface area contributed by atoms with Crippen LogP contribution >= 0.6 is 0 Å². The highest BCUT2D eigenvalue weighted by atomic mass is 16.7. The number of nitrogens with zero attached hydrogens (tertiary/aromatic N) is 3. The number of pyridine rings is 3. The lowest BCUT2D eigenvalue weighted by Gasteiger charge is -2.32. The van der Waals surface area contributed by atoms with Gasteiger partial charge < -0.3 is 28.1 Å². The lowest BCUT2D eigenvalue weighted by molar-refractivity contribution is 0.00578. The van der Waals surface area contributed by atoms with Gasteiger partial charge in [0.2, 0.25) is 0 Å². The van der Waals surface area contributed by atoms with Crippen molar-refractivity contribution in [2.75, 3.05) is 13.2 Å². The molecule has 0 unspecified atom stereocenters. The van der Waals surface area contributed by atoms with Crippen molar-refractivity contribution < 1.29 is 28.1 Å². The van der Waals surface area contributed by atoms with Gasteiger partial charge in [0.25, 0.3) is 0 Å². The normalized spacial score (nSPS) is 17.3. The molecule has 2 aliphatic rings. The summed E-state index contributed by atoms with van der Waals surface area (Å²) >= 11 is 0. The third-order valence-electron chi connectivity index (χ3n) is 13.4. The van der Waals surface area contributed by atoms with Gasteiger partial charge in [0.15, 0.2) is 0 Å². The minimum Gasteiger partial charge on any atom is -0.399 e. The Morgan fingerprint density at radius 1 is 0.453 bits per heavy atom. The van der Waals surface area contributed by atoms with E-state index >= 15 is 0 Å². The molecule has 0 spiro atoms. The highest BCUT2D eigenvalue weighted by Gasteiger charge is 2.53. The monoisotopic (exact) mass is 866 g/mol. The number of benzene rings is 2. The molecule has 2 fully saturated rings. The average Bonchev–Trinajstić information content (AvgIpc) is 3.65. The minimum absolute atomic E-state index is 0.444. The number of ether oxygens (including phenoxy) is 2. The lowest BCUT2D eigenvalue weighted by Crippen LogP contribution is -2.41. The van der Waals surface area contributed by atoms with Crippen molar-refractivity contribution >= 4 is 25.2 Å². The Balaban J connectivity index is 1.09. The first-order valence-electron chi connectivity index (χ1n) is 23.6. The number of rotatable bonds is 20. The summed E-state index contributed by atoms with van der Waals surface area (Å²) in [5.41, 5.74) is 9.46.